The zero-order valence-electron chi connectivity index (χ0n) is 11.7. The van der Waals surface area contributed by atoms with Crippen molar-refractivity contribution in [3.8, 4) is 0 Å². The molecule has 104 valence electrons. The van der Waals surface area contributed by atoms with Gasteiger partial charge in [-0.1, -0.05) is 6.92 Å². The summed E-state index contributed by atoms with van der Waals surface area (Å²) in [5.41, 5.74) is 3.73. The summed E-state index contributed by atoms with van der Waals surface area (Å²) in [5, 5.41) is 7.93. The molecule has 0 fully saturated rings. The average molecular weight is 302 g/mol. The summed E-state index contributed by atoms with van der Waals surface area (Å²) in [6.45, 7) is 5.41. The van der Waals surface area contributed by atoms with Gasteiger partial charge in [0.25, 0.3) is 0 Å². The predicted molar refractivity (Wildman–Crippen MR) is 88.8 cm³/mol. The molecule has 1 N–H and O–H groups in total. The number of nitrogens with one attached hydrogen (secondary N) is 1. The van der Waals surface area contributed by atoms with Gasteiger partial charge in [-0.15, -0.1) is 22.7 Å². The zero-order valence-corrected chi connectivity index (χ0v) is 13.4. The Kier molecular flexibility index (Phi) is 4.15. The fourth-order valence-electron chi connectivity index (χ4n) is 2.41. The monoisotopic (exact) mass is 302 g/mol. The van der Waals surface area contributed by atoms with Crippen molar-refractivity contribution in [1.29, 1.82) is 0 Å². The smallest absolute Gasteiger partial charge is 0.0809 e. The number of aryl methyl sites for hydroxylation is 1. The molecule has 0 saturated heterocycles. The van der Waals surface area contributed by atoms with Crippen LogP contribution in [-0.4, -0.2) is 11.5 Å². The third-order valence-electron chi connectivity index (χ3n) is 3.47. The van der Waals surface area contributed by atoms with E-state index in [9.17, 15) is 0 Å². The van der Waals surface area contributed by atoms with Crippen molar-refractivity contribution in [1.82, 2.24) is 10.3 Å². The average Bonchev–Trinajstić information content (AvgIpc) is 3.08. The quantitative estimate of drug-likeness (QED) is 0.735. The second-order valence-electron chi connectivity index (χ2n) is 4.89. The Morgan fingerprint density at radius 2 is 2.10 bits per heavy atom. The van der Waals surface area contributed by atoms with Gasteiger partial charge in [0.05, 0.1) is 16.3 Å². The SMILES string of the molecule is CCCNC(c1cnc2ccsc2c1)c1ccsc1C. The van der Waals surface area contributed by atoms with E-state index in [1.807, 2.05) is 17.5 Å². The molecule has 0 bridgehead atoms. The van der Waals surface area contributed by atoms with Crippen molar-refractivity contribution < 1.29 is 0 Å². The molecule has 0 aliphatic rings. The molecule has 3 rings (SSSR count). The summed E-state index contributed by atoms with van der Waals surface area (Å²) in [6.07, 6.45) is 3.15. The fourth-order valence-corrected chi connectivity index (χ4v) is 3.94. The summed E-state index contributed by atoms with van der Waals surface area (Å²) in [7, 11) is 0. The standard InChI is InChI=1S/C16H18N2S2/c1-3-6-17-16(13-4-7-19-11(13)2)12-9-15-14(18-10-12)5-8-20-15/h4-5,7-10,16-17H,3,6H2,1-2H3. The molecule has 3 aromatic heterocycles. The number of pyridine rings is 1. The van der Waals surface area contributed by atoms with Crippen molar-refractivity contribution in [3.63, 3.8) is 0 Å². The van der Waals surface area contributed by atoms with Crippen LogP contribution in [0.5, 0.6) is 0 Å². The minimum atomic E-state index is 0.250. The first-order valence-corrected chi connectivity index (χ1v) is 8.66. The lowest BCUT2D eigenvalue weighted by Crippen LogP contribution is -2.23. The van der Waals surface area contributed by atoms with E-state index in [2.05, 4.69) is 53.1 Å². The Balaban J connectivity index is 2.01. The Labute approximate surface area is 127 Å². The molecule has 0 aromatic carbocycles. The van der Waals surface area contributed by atoms with Crippen molar-refractivity contribution in [3.05, 3.63) is 51.2 Å². The topological polar surface area (TPSA) is 24.9 Å². The highest BCUT2D eigenvalue weighted by Crippen LogP contribution is 2.30. The van der Waals surface area contributed by atoms with Crippen LogP contribution < -0.4 is 5.32 Å². The summed E-state index contributed by atoms with van der Waals surface area (Å²) in [4.78, 5) is 5.96. The van der Waals surface area contributed by atoms with Crippen LogP contribution in [0.4, 0.5) is 0 Å². The molecule has 0 saturated carbocycles. The van der Waals surface area contributed by atoms with E-state index in [1.165, 1.54) is 20.7 Å². The summed E-state index contributed by atoms with van der Waals surface area (Å²) in [6, 6.07) is 6.83. The Bertz CT molecular complexity index is 699. The summed E-state index contributed by atoms with van der Waals surface area (Å²) in [5.74, 6) is 0. The second kappa shape index (κ2) is 6.04. The number of hydrogen-bond donors (Lipinski definition) is 1. The zero-order chi connectivity index (χ0) is 13.9. The number of fused-ring (bicyclic) bond motifs is 1. The lowest BCUT2D eigenvalue weighted by atomic mass is 10.0. The molecular weight excluding hydrogens is 284 g/mol. The second-order valence-corrected chi connectivity index (χ2v) is 6.96. The summed E-state index contributed by atoms with van der Waals surface area (Å²) >= 11 is 3.56. The Hall–Kier alpha value is -1.23. The van der Waals surface area contributed by atoms with E-state index < -0.39 is 0 Å². The maximum atomic E-state index is 4.58. The van der Waals surface area contributed by atoms with Gasteiger partial charge in [0.1, 0.15) is 0 Å². The van der Waals surface area contributed by atoms with Crippen LogP contribution in [0.2, 0.25) is 0 Å². The number of nitrogens with zero attached hydrogens (tertiary/aromatic N) is 1. The third kappa shape index (κ3) is 2.64. The van der Waals surface area contributed by atoms with Crippen LogP contribution in [0.25, 0.3) is 10.2 Å². The molecule has 1 atom stereocenters. The molecule has 0 aliphatic heterocycles. The third-order valence-corrected chi connectivity index (χ3v) is 5.18. The maximum absolute atomic E-state index is 4.58. The van der Waals surface area contributed by atoms with Gasteiger partial charge in [-0.3, -0.25) is 4.98 Å². The normalized spacial score (nSPS) is 12.9. The van der Waals surface area contributed by atoms with Gasteiger partial charge in [-0.25, -0.2) is 0 Å². The largest absolute Gasteiger partial charge is 0.306 e. The maximum Gasteiger partial charge on any atom is 0.0809 e. The van der Waals surface area contributed by atoms with Crippen molar-refractivity contribution in [2.24, 2.45) is 0 Å². The summed E-state index contributed by atoms with van der Waals surface area (Å²) < 4.78 is 1.26. The van der Waals surface area contributed by atoms with E-state index in [4.69, 9.17) is 0 Å². The van der Waals surface area contributed by atoms with Crippen LogP contribution in [-0.2, 0) is 0 Å². The van der Waals surface area contributed by atoms with Crippen LogP contribution in [0.1, 0.15) is 35.4 Å². The Morgan fingerprint density at radius 3 is 2.85 bits per heavy atom. The van der Waals surface area contributed by atoms with Crippen LogP contribution >= 0.6 is 22.7 Å². The lowest BCUT2D eigenvalue weighted by Gasteiger charge is -2.19. The molecule has 0 spiro atoms. The van der Waals surface area contributed by atoms with Gasteiger partial charge in [-0.05, 0) is 60.0 Å². The van der Waals surface area contributed by atoms with E-state index in [0.29, 0.717) is 0 Å². The van der Waals surface area contributed by atoms with Crippen molar-refractivity contribution in [2.45, 2.75) is 26.3 Å². The molecule has 0 aliphatic carbocycles. The van der Waals surface area contributed by atoms with E-state index >= 15 is 0 Å². The fraction of sp³-hybridized carbons (Fsp3) is 0.312. The Morgan fingerprint density at radius 1 is 1.25 bits per heavy atom. The molecule has 3 heterocycles. The number of hydrogen-bond acceptors (Lipinski definition) is 4. The minimum absolute atomic E-state index is 0.250. The van der Waals surface area contributed by atoms with E-state index in [0.717, 1.165) is 18.5 Å². The molecular formula is C16H18N2S2. The molecule has 4 heteroatoms. The molecule has 0 radical (unpaired) electrons. The van der Waals surface area contributed by atoms with Gasteiger partial charge in [0.15, 0.2) is 0 Å². The lowest BCUT2D eigenvalue weighted by molar-refractivity contribution is 0.597. The highest BCUT2D eigenvalue weighted by atomic mass is 32.1. The first kappa shape index (κ1) is 13.7. The first-order chi connectivity index (χ1) is 9.79. The minimum Gasteiger partial charge on any atom is -0.306 e. The van der Waals surface area contributed by atoms with Gasteiger partial charge in [-0.2, -0.15) is 0 Å². The van der Waals surface area contributed by atoms with Gasteiger partial charge < -0.3 is 5.32 Å². The predicted octanol–water partition coefficient (Wildman–Crippen LogP) is 4.76. The first-order valence-electron chi connectivity index (χ1n) is 6.90. The van der Waals surface area contributed by atoms with Gasteiger partial charge >= 0.3 is 0 Å². The highest BCUT2D eigenvalue weighted by molar-refractivity contribution is 7.17. The van der Waals surface area contributed by atoms with Gasteiger partial charge in [0.2, 0.25) is 0 Å². The van der Waals surface area contributed by atoms with E-state index in [1.54, 1.807) is 11.3 Å². The number of aromatic nitrogens is 1. The van der Waals surface area contributed by atoms with Crippen LogP contribution in [0.3, 0.4) is 0 Å². The number of thiophene rings is 2. The van der Waals surface area contributed by atoms with Crippen LogP contribution in [0, 0.1) is 6.92 Å². The molecule has 3 aromatic rings. The van der Waals surface area contributed by atoms with Crippen molar-refractivity contribution >= 4 is 32.9 Å². The number of rotatable bonds is 5. The highest BCUT2D eigenvalue weighted by Gasteiger charge is 2.17. The molecule has 1 unspecified atom stereocenters. The van der Waals surface area contributed by atoms with Crippen molar-refractivity contribution in [2.75, 3.05) is 6.54 Å². The molecule has 0 amide bonds. The molecule has 20 heavy (non-hydrogen) atoms. The van der Waals surface area contributed by atoms with E-state index in [-0.39, 0.29) is 6.04 Å². The van der Waals surface area contributed by atoms with Gasteiger partial charge in [0, 0.05) is 11.1 Å². The van der Waals surface area contributed by atoms with Crippen LogP contribution in [0.15, 0.2) is 35.2 Å². The molecule has 2 nitrogen and oxygen atoms in total.